The molecule has 0 saturated heterocycles. The van der Waals surface area contributed by atoms with Crippen molar-refractivity contribution in [3.05, 3.63) is 90.0 Å². The smallest absolute Gasteiger partial charge is 0.0664 e. The van der Waals surface area contributed by atoms with Gasteiger partial charge in [-0.2, -0.15) is 0 Å². The van der Waals surface area contributed by atoms with Crippen molar-refractivity contribution in [1.82, 2.24) is 0 Å². The summed E-state index contributed by atoms with van der Waals surface area (Å²) >= 11 is 0. The molecule has 0 atom stereocenters. The molecule has 3 aromatic rings. The van der Waals surface area contributed by atoms with Gasteiger partial charge in [-0.1, -0.05) is 94.4 Å². The molecule has 22 heavy (non-hydrogen) atoms. The molecule has 105 valence electrons. The van der Waals surface area contributed by atoms with E-state index < -0.39 is 8.31 Å². The summed E-state index contributed by atoms with van der Waals surface area (Å²) in [5.74, 6) is 0. The molecule has 0 N–H and O–H groups in total. The summed E-state index contributed by atoms with van der Waals surface area (Å²) in [6.07, 6.45) is 2.29. The minimum absolute atomic E-state index is 0.729. The number of rotatable bonds is 1. The van der Waals surface area contributed by atoms with Crippen LogP contribution in [0.1, 0.15) is 11.1 Å². The van der Waals surface area contributed by atoms with Crippen molar-refractivity contribution in [3.63, 3.8) is 0 Å². The van der Waals surface area contributed by atoms with Crippen LogP contribution in [0.3, 0.4) is 0 Å². The maximum Gasteiger partial charge on any atom is 0.112 e. The van der Waals surface area contributed by atoms with E-state index in [9.17, 15) is 0 Å². The van der Waals surface area contributed by atoms with Crippen LogP contribution in [0, 0.1) is 0 Å². The van der Waals surface area contributed by atoms with Gasteiger partial charge in [0.25, 0.3) is 0 Å². The molecule has 1 aliphatic heterocycles. The van der Waals surface area contributed by atoms with Crippen molar-refractivity contribution >= 4 is 32.9 Å². The number of benzene rings is 3. The number of hydrogen-bond donors (Lipinski definition) is 0. The lowest BCUT2D eigenvalue weighted by atomic mass is 10.0. The summed E-state index contributed by atoms with van der Waals surface area (Å²) in [5, 5.41) is 4.59. The largest absolute Gasteiger partial charge is 0.112 e. The second-order valence-corrected chi connectivity index (χ2v) is 10.7. The fraction of sp³-hybridized carbons (Fsp3) is 0.100. The van der Waals surface area contributed by atoms with E-state index in [0.717, 1.165) is 21.9 Å². The molecule has 3 aromatic carbocycles. The van der Waals surface area contributed by atoms with E-state index in [1.165, 1.54) is 21.5 Å². The predicted molar refractivity (Wildman–Crippen MR) is 97.1 cm³/mol. The van der Waals surface area contributed by atoms with Crippen LogP contribution in [0.4, 0.5) is 0 Å². The topological polar surface area (TPSA) is 0 Å². The van der Waals surface area contributed by atoms with Gasteiger partial charge in [0.2, 0.25) is 0 Å². The second kappa shape index (κ2) is 6.07. The van der Waals surface area contributed by atoms with Crippen molar-refractivity contribution in [2.75, 3.05) is 0 Å². The van der Waals surface area contributed by atoms with Crippen LogP contribution in [-0.4, -0.2) is 17.4 Å². The fourth-order valence-electron chi connectivity index (χ4n) is 3.04. The Morgan fingerprint density at radius 1 is 0.636 bits per heavy atom. The predicted octanol–water partition coefficient (Wildman–Crippen LogP) is 1.92. The number of aryl methyl sites for hydroxylation is 2. The maximum atomic E-state index is 2.46. The maximum absolute atomic E-state index is 2.46. The molecule has 0 unspecified atom stereocenters. The molecule has 0 spiro atoms. The number of fused-ring (bicyclic) bond motifs is 4. The van der Waals surface area contributed by atoms with Crippen molar-refractivity contribution < 1.29 is 0 Å². The molecule has 1 heterocycles. The monoisotopic (exact) mass is 313 g/mol. The molecule has 1 aliphatic rings. The molecule has 0 aromatic heterocycles. The molecule has 0 aliphatic carbocycles. The van der Waals surface area contributed by atoms with Crippen LogP contribution in [0.15, 0.2) is 78.9 Å². The molecular formula is C20H17Si2. The first-order valence-corrected chi connectivity index (χ1v) is 11.3. The van der Waals surface area contributed by atoms with Crippen LogP contribution >= 0.6 is 0 Å². The minimum Gasteiger partial charge on any atom is -0.0664 e. The fourth-order valence-corrected chi connectivity index (χ4v) is 8.67. The zero-order valence-corrected chi connectivity index (χ0v) is 14.4. The van der Waals surface area contributed by atoms with E-state index in [2.05, 4.69) is 78.9 Å². The van der Waals surface area contributed by atoms with Crippen molar-refractivity contribution in [2.45, 2.75) is 12.8 Å². The zero-order chi connectivity index (χ0) is 14.8. The Morgan fingerprint density at radius 2 is 1.32 bits per heavy atom. The molecule has 3 radical (unpaired) electrons. The van der Waals surface area contributed by atoms with Crippen LogP contribution in [0.2, 0.25) is 0 Å². The van der Waals surface area contributed by atoms with Crippen LogP contribution < -0.4 is 15.6 Å². The van der Waals surface area contributed by atoms with Gasteiger partial charge in [0.1, 0.15) is 8.31 Å². The second-order valence-electron chi connectivity index (χ2n) is 5.77. The highest BCUT2D eigenvalue weighted by molar-refractivity contribution is 7.29. The SMILES string of the molecule is c1ccc([Si]2[Si]c3cccc(c3)CCc3cccc2c3)cc1. The van der Waals surface area contributed by atoms with Gasteiger partial charge < -0.3 is 0 Å². The highest BCUT2D eigenvalue weighted by atomic mass is 29.2. The summed E-state index contributed by atoms with van der Waals surface area (Å²) in [5.41, 5.74) is 2.96. The van der Waals surface area contributed by atoms with Crippen LogP contribution in [0.5, 0.6) is 0 Å². The third-order valence-electron chi connectivity index (χ3n) is 4.18. The van der Waals surface area contributed by atoms with Gasteiger partial charge in [0.15, 0.2) is 0 Å². The Morgan fingerprint density at radius 3 is 2.14 bits per heavy atom. The standard InChI is InChI=1S/C20H17Si2/c1-2-9-19(10-3-1)22-20-11-5-7-17(15-20)13-12-16-6-4-8-18(14-16)21-22/h1-11,14-15H,12-13H2. The first kappa shape index (κ1) is 13.7. The highest BCUT2D eigenvalue weighted by Crippen LogP contribution is 2.08. The van der Waals surface area contributed by atoms with Gasteiger partial charge in [-0.3, -0.25) is 0 Å². The Bertz CT molecular complexity index is 780. The van der Waals surface area contributed by atoms with Crippen molar-refractivity contribution in [2.24, 2.45) is 0 Å². The molecule has 0 nitrogen and oxygen atoms in total. The molecule has 0 amide bonds. The van der Waals surface area contributed by atoms with E-state index in [1.54, 1.807) is 5.19 Å². The van der Waals surface area contributed by atoms with Crippen LogP contribution in [0.25, 0.3) is 0 Å². The Balaban J connectivity index is 1.84. The molecular weight excluding hydrogens is 296 g/mol. The summed E-state index contributed by atoms with van der Waals surface area (Å²) in [7, 11) is 0.150. The Hall–Kier alpha value is -1.91. The third-order valence-corrected chi connectivity index (χ3v) is 10.2. The first-order valence-electron chi connectivity index (χ1n) is 7.76. The van der Waals surface area contributed by atoms with E-state index in [4.69, 9.17) is 0 Å². The van der Waals surface area contributed by atoms with Crippen molar-refractivity contribution in [3.8, 4) is 0 Å². The van der Waals surface area contributed by atoms with Crippen LogP contribution in [-0.2, 0) is 12.8 Å². The summed E-state index contributed by atoms with van der Waals surface area (Å²) in [6.45, 7) is 0. The molecule has 0 fully saturated rings. The van der Waals surface area contributed by atoms with Gasteiger partial charge in [-0.05, 0) is 24.0 Å². The lowest BCUT2D eigenvalue weighted by molar-refractivity contribution is 0.962. The lowest BCUT2D eigenvalue weighted by Crippen LogP contribution is -2.51. The summed E-state index contributed by atoms with van der Waals surface area (Å²) < 4.78 is 0. The highest BCUT2D eigenvalue weighted by Gasteiger charge is 2.19. The average Bonchev–Trinajstić information content (AvgIpc) is 2.59. The van der Waals surface area contributed by atoms with E-state index in [1.807, 2.05) is 0 Å². The quantitative estimate of drug-likeness (QED) is 0.602. The third kappa shape index (κ3) is 2.85. The van der Waals surface area contributed by atoms with Crippen molar-refractivity contribution in [1.29, 1.82) is 0 Å². The van der Waals surface area contributed by atoms with E-state index in [-0.39, 0.29) is 0 Å². The molecule has 2 heteroatoms. The van der Waals surface area contributed by atoms with Gasteiger partial charge in [0, 0.05) is 0 Å². The van der Waals surface area contributed by atoms with Gasteiger partial charge in [-0.25, -0.2) is 0 Å². The zero-order valence-electron chi connectivity index (χ0n) is 12.4. The molecule has 4 bridgehead atoms. The van der Waals surface area contributed by atoms with Gasteiger partial charge >= 0.3 is 0 Å². The number of hydrogen-bond acceptors (Lipinski definition) is 0. The Kier molecular flexibility index (Phi) is 3.79. The molecule has 4 rings (SSSR count). The minimum atomic E-state index is -0.729. The van der Waals surface area contributed by atoms with Gasteiger partial charge in [0.05, 0.1) is 9.04 Å². The molecule has 0 saturated carbocycles. The van der Waals surface area contributed by atoms with Gasteiger partial charge in [-0.15, -0.1) is 0 Å². The summed E-state index contributed by atoms with van der Waals surface area (Å²) in [4.78, 5) is 0. The van der Waals surface area contributed by atoms with E-state index in [0.29, 0.717) is 0 Å². The average molecular weight is 314 g/mol. The summed E-state index contributed by atoms with van der Waals surface area (Å²) in [6, 6.07) is 29.7. The first-order chi connectivity index (χ1) is 10.9. The lowest BCUT2D eigenvalue weighted by Gasteiger charge is -2.18. The normalized spacial score (nSPS) is 14.5. The Labute approximate surface area is 136 Å². The van der Waals surface area contributed by atoms with E-state index >= 15 is 0 Å².